The molecule has 0 aliphatic carbocycles. The van der Waals surface area contributed by atoms with Gasteiger partial charge in [0.2, 0.25) is 0 Å². The lowest BCUT2D eigenvalue weighted by atomic mass is 9.95. The van der Waals surface area contributed by atoms with Crippen LogP contribution in [0, 0.1) is 11.8 Å². The summed E-state index contributed by atoms with van der Waals surface area (Å²) in [5.41, 5.74) is 0. The largest absolute Gasteiger partial charge is 0.490 e. The third kappa shape index (κ3) is 3.16. The van der Waals surface area contributed by atoms with Gasteiger partial charge in [-0.3, -0.25) is 4.90 Å². The number of ether oxygens (including phenoxy) is 2. The highest BCUT2D eigenvalue weighted by Gasteiger charge is 2.41. The standard InChI is InChI=1S/C17H26N2O2/c1-3-20-16-6-4-5-7-17(16)21-9-8-19-12-14-10-18-11-15(14)13(19)2/h4-7,13-15,18H,3,8-12H2,1-2H3. The summed E-state index contributed by atoms with van der Waals surface area (Å²) in [6, 6.07) is 8.58. The minimum atomic E-state index is 0.663. The first-order valence-corrected chi connectivity index (χ1v) is 8.09. The zero-order valence-electron chi connectivity index (χ0n) is 13.0. The van der Waals surface area contributed by atoms with E-state index in [0.29, 0.717) is 12.6 Å². The number of likely N-dealkylation sites (tertiary alicyclic amines) is 1. The molecule has 3 atom stereocenters. The Hall–Kier alpha value is -1.26. The molecule has 3 unspecified atom stereocenters. The van der Waals surface area contributed by atoms with E-state index < -0.39 is 0 Å². The van der Waals surface area contributed by atoms with Crippen LogP contribution < -0.4 is 14.8 Å². The van der Waals surface area contributed by atoms with Gasteiger partial charge < -0.3 is 14.8 Å². The first-order chi connectivity index (χ1) is 10.3. The molecule has 0 saturated carbocycles. The Bertz CT molecular complexity index is 466. The monoisotopic (exact) mass is 290 g/mol. The van der Waals surface area contributed by atoms with Crippen molar-refractivity contribution in [1.29, 1.82) is 0 Å². The Balaban J connectivity index is 1.50. The van der Waals surface area contributed by atoms with Crippen LogP contribution in [0.5, 0.6) is 11.5 Å². The summed E-state index contributed by atoms with van der Waals surface area (Å²) in [5, 5.41) is 3.50. The van der Waals surface area contributed by atoms with Crippen LogP contribution in [0.2, 0.25) is 0 Å². The van der Waals surface area contributed by atoms with Crippen molar-refractivity contribution >= 4 is 0 Å². The molecule has 4 heteroatoms. The van der Waals surface area contributed by atoms with E-state index in [1.54, 1.807) is 0 Å². The van der Waals surface area contributed by atoms with Crippen molar-refractivity contribution in [2.75, 3.05) is 39.4 Å². The second kappa shape index (κ2) is 6.67. The summed E-state index contributed by atoms with van der Waals surface area (Å²) in [7, 11) is 0. The van der Waals surface area contributed by atoms with E-state index in [-0.39, 0.29) is 0 Å². The van der Waals surface area contributed by atoms with Crippen molar-refractivity contribution in [3.05, 3.63) is 24.3 Å². The zero-order chi connectivity index (χ0) is 14.7. The SMILES string of the molecule is CCOc1ccccc1OCCN1CC2CNCC2C1C. The number of benzene rings is 1. The van der Waals surface area contributed by atoms with Crippen LogP contribution in [0.25, 0.3) is 0 Å². The van der Waals surface area contributed by atoms with E-state index >= 15 is 0 Å². The van der Waals surface area contributed by atoms with Crippen LogP contribution in [-0.2, 0) is 0 Å². The predicted octanol–water partition coefficient (Wildman–Crippen LogP) is 2.00. The van der Waals surface area contributed by atoms with Crippen molar-refractivity contribution < 1.29 is 9.47 Å². The van der Waals surface area contributed by atoms with Gasteiger partial charge in [0.15, 0.2) is 11.5 Å². The van der Waals surface area contributed by atoms with Crippen molar-refractivity contribution in [1.82, 2.24) is 10.2 Å². The molecule has 0 spiro atoms. The molecule has 0 amide bonds. The van der Waals surface area contributed by atoms with Crippen molar-refractivity contribution in [2.24, 2.45) is 11.8 Å². The van der Waals surface area contributed by atoms with E-state index in [0.717, 1.165) is 36.5 Å². The van der Waals surface area contributed by atoms with Gasteiger partial charge in [0.1, 0.15) is 6.61 Å². The second-order valence-corrected chi connectivity index (χ2v) is 6.05. The summed E-state index contributed by atoms with van der Waals surface area (Å²) < 4.78 is 11.5. The molecule has 1 aromatic carbocycles. The fraction of sp³-hybridized carbons (Fsp3) is 0.647. The molecule has 2 heterocycles. The molecule has 0 radical (unpaired) electrons. The maximum absolute atomic E-state index is 5.94. The smallest absolute Gasteiger partial charge is 0.161 e. The Morgan fingerprint density at radius 1 is 1.19 bits per heavy atom. The highest BCUT2D eigenvalue weighted by Crippen LogP contribution is 2.32. The summed E-state index contributed by atoms with van der Waals surface area (Å²) in [4.78, 5) is 2.57. The van der Waals surface area contributed by atoms with Crippen LogP contribution in [0.15, 0.2) is 24.3 Å². The van der Waals surface area contributed by atoms with Crippen molar-refractivity contribution in [2.45, 2.75) is 19.9 Å². The van der Waals surface area contributed by atoms with E-state index in [4.69, 9.17) is 9.47 Å². The Morgan fingerprint density at radius 3 is 2.67 bits per heavy atom. The molecule has 3 rings (SSSR count). The Morgan fingerprint density at radius 2 is 1.95 bits per heavy atom. The summed E-state index contributed by atoms with van der Waals surface area (Å²) >= 11 is 0. The van der Waals surface area contributed by atoms with Crippen LogP contribution in [-0.4, -0.2) is 50.3 Å². The van der Waals surface area contributed by atoms with Crippen molar-refractivity contribution in [3.63, 3.8) is 0 Å². The molecule has 2 aliphatic heterocycles. The van der Waals surface area contributed by atoms with Crippen molar-refractivity contribution in [3.8, 4) is 11.5 Å². The minimum Gasteiger partial charge on any atom is -0.490 e. The Kier molecular flexibility index (Phi) is 4.66. The molecule has 2 aliphatic rings. The lowest BCUT2D eigenvalue weighted by molar-refractivity contribution is 0.184. The van der Waals surface area contributed by atoms with Gasteiger partial charge in [-0.2, -0.15) is 0 Å². The van der Waals surface area contributed by atoms with E-state index in [1.807, 2.05) is 31.2 Å². The Labute approximate surface area is 127 Å². The van der Waals surface area contributed by atoms with Gasteiger partial charge in [-0.1, -0.05) is 12.1 Å². The van der Waals surface area contributed by atoms with Gasteiger partial charge in [0, 0.05) is 19.1 Å². The molecule has 1 N–H and O–H groups in total. The van der Waals surface area contributed by atoms with Crippen LogP contribution in [0.4, 0.5) is 0 Å². The predicted molar refractivity (Wildman–Crippen MR) is 84.0 cm³/mol. The summed E-state index contributed by atoms with van der Waals surface area (Å²) in [5.74, 6) is 3.35. The third-order valence-electron chi connectivity index (χ3n) is 4.84. The number of rotatable bonds is 6. The molecule has 0 bridgehead atoms. The van der Waals surface area contributed by atoms with Crippen LogP contribution >= 0.6 is 0 Å². The maximum atomic E-state index is 5.94. The first-order valence-electron chi connectivity index (χ1n) is 8.09. The van der Waals surface area contributed by atoms with Crippen LogP contribution in [0.1, 0.15) is 13.8 Å². The quantitative estimate of drug-likeness (QED) is 0.869. The second-order valence-electron chi connectivity index (χ2n) is 6.05. The molecule has 1 aromatic rings. The average molecular weight is 290 g/mol. The highest BCUT2D eigenvalue weighted by molar-refractivity contribution is 5.39. The number of nitrogens with zero attached hydrogens (tertiary/aromatic N) is 1. The number of hydrogen-bond donors (Lipinski definition) is 1. The summed E-state index contributed by atoms with van der Waals surface area (Å²) in [6.45, 7) is 10.3. The fourth-order valence-electron chi connectivity index (χ4n) is 3.67. The molecule has 4 nitrogen and oxygen atoms in total. The number of fused-ring (bicyclic) bond motifs is 1. The molecule has 2 saturated heterocycles. The highest BCUT2D eigenvalue weighted by atomic mass is 16.5. The molecule has 2 fully saturated rings. The molecular formula is C17H26N2O2. The van der Waals surface area contributed by atoms with Gasteiger partial charge in [-0.15, -0.1) is 0 Å². The average Bonchev–Trinajstić information content (AvgIpc) is 3.05. The lowest BCUT2D eigenvalue weighted by Crippen LogP contribution is -2.36. The normalized spacial score (nSPS) is 28.6. The van der Waals surface area contributed by atoms with Gasteiger partial charge in [-0.05, 0) is 50.9 Å². The zero-order valence-corrected chi connectivity index (χ0v) is 13.0. The lowest BCUT2D eigenvalue weighted by Gasteiger charge is -2.24. The van der Waals surface area contributed by atoms with Gasteiger partial charge in [-0.25, -0.2) is 0 Å². The first kappa shape index (κ1) is 14.7. The van der Waals surface area contributed by atoms with E-state index in [9.17, 15) is 0 Å². The minimum absolute atomic E-state index is 0.663. The van der Waals surface area contributed by atoms with E-state index in [1.165, 1.54) is 19.6 Å². The molecule has 0 aromatic heterocycles. The third-order valence-corrected chi connectivity index (χ3v) is 4.84. The molecule has 21 heavy (non-hydrogen) atoms. The van der Waals surface area contributed by atoms with Crippen LogP contribution in [0.3, 0.4) is 0 Å². The maximum Gasteiger partial charge on any atom is 0.161 e. The summed E-state index contributed by atoms with van der Waals surface area (Å²) in [6.07, 6.45) is 0. The van der Waals surface area contributed by atoms with Gasteiger partial charge in [0.25, 0.3) is 0 Å². The van der Waals surface area contributed by atoms with E-state index in [2.05, 4.69) is 17.1 Å². The number of hydrogen-bond acceptors (Lipinski definition) is 4. The number of nitrogens with one attached hydrogen (secondary N) is 1. The van der Waals surface area contributed by atoms with Gasteiger partial charge in [0.05, 0.1) is 6.61 Å². The fourth-order valence-corrected chi connectivity index (χ4v) is 3.67. The molecule has 116 valence electrons. The topological polar surface area (TPSA) is 33.7 Å². The van der Waals surface area contributed by atoms with Gasteiger partial charge >= 0.3 is 0 Å². The molecular weight excluding hydrogens is 264 g/mol. The number of para-hydroxylation sites is 2.